The first-order chi connectivity index (χ1) is 30.4. The predicted molar refractivity (Wildman–Crippen MR) is 245 cm³/mol. The van der Waals surface area contributed by atoms with Crippen LogP contribution in [0.4, 0.5) is 8.78 Å². The number of unbranched alkanes of at least 4 members (excludes halogenated alkanes) is 8. The van der Waals surface area contributed by atoms with Crippen molar-refractivity contribution >= 4 is 54.5 Å². The normalized spacial score (nSPS) is 11.8. The Morgan fingerprint density at radius 1 is 0.435 bits per heavy atom. The first kappa shape index (κ1) is 42.8. The highest BCUT2D eigenvalue weighted by Crippen LogP contribution is 2.50. The molecule has 2 heterocycles. The van der Waals surface area contributed by atoms with E-state index in [1.807, 2.05) is 24.3 Å². The first-order valence-electron chi connectivity index (χ1n) is 22.6. The van der Waals surface area contributed by atoms with Crippen LogP contribution >= 0.6 is 0 Å². The fourth-order valence-corrected chi connectivity index (χ4v) is 8.13. The van der Waals surface area contributed by atoms with Crippen LogP contribution in [0.15, 0.2) is 81.6 Å². The molecule has 0 saturated heterocycles. The monoisotopic (exact) mass is 842 g/mol. The summed E-state index contributed by atoms with van der Waals surface area (Å²) < 4.78 is 70.3. The van der Waals surface area contributed by atoms with E-state index in [1.165, 1.54) is 12.1 Å². The van der Waals surface area contributed by atoms with E-state index in [2.05, 4.69) is 27.7 Å². The smallest absolute Gasteiger partial charge is 0.230 e. The van der Waals surface area contributed by atoms with Crippen molar-refractivity contribution in [1.29, 1.82) is 0 Å². The van der Waals surface area contributed by atoms with Crippen molar-refractivity contribution in [3.05, 3.63) is 84.4 Å². The van der Waals surface area contributed by atoms with Gasteiger partial charge in [0.25, 0.3) is 0 Å². The molecule has 0 aliphatic heterocycles. The Labute approximate surface area is 361 Å². The quantitative estimate of drug-likeness (QED) is 0.0492. The van der Waals surface area contributed by atoms with Gasteiger partial charge in [-0.3, -0.25) is 0 Å². The second-order valence-electron chi connectivity index (χ2n) is 16.0. The van der Waals surface area contributed by atoms with Gasteiger partial charge >= 0.3 is 0 Å². The van der Waals surface area contributed by atoms with E-state index < -0.39 is 11.6 Å². The summed E-state index contributed by atoms with van der Waals surface area (Å²) in [6.07, 6.45) is 11.7. The van der Waals surface area contributed by atoms with Crippen molar-refractivity contribution in [2.75, 3.05) is 26.4 Å². The largest absolute Gasteiger partial charge is 0.490 e. The molecule has 0 fully saturated rings. The van der Waals surface area contributed by atoms with E-state index in [4.69, 9.17) is 37.7 Å². The van der Waals surface area contributed by atoms with Crippen LogP contribution in [-0.4, -0.2) is 36.4 Å². The Bertz CT molecular complexity index is 2600. The van der Waals surface area contributed by atoms with Crippen molar-refractivity contribution in [2.45, 2.75) is 105 Å². The molecule has 0 amide bonds. The van der Waals surface area contributed by atoms with Crippen LogP contribution in [0, 0.1) is 11.6 Å². The zero-order valence-electron chi connectivity index (χ0n) is 36.3. The fraction of sp³-hybridized carbons (Fsp3) is 0.385. The molecule has 324 valence electrons. The molecule has 0 bridgehead atoms. The van der Waals surface area contributed by atoms with Crippen LogP contribution in [0.1, 0.15) is 105 Å². The lowest BCUT2D eigenvalue weighted by molar-refractivity contribution is 0.260. The molecule has 8 nitrogen and oxygen atoms in total. The third kappa shape index (κ3) is 8.74. The van der Waals surface area contributed by atoms with Crippen LogP contribution in [0.25, 0.3) is 77.4 Å². The van der Waals surface area contributed by atoms with E-state index in [-0.39, 0.29) is 22.9 Å². The Hall–Kier alpha value is -5.90. The predicted octanol–water partition coefficient (Wildman–Crippen LogP) is 15.3. The summed E-state index contributed by atoms with van der Waals surface area (Å²) in [6, 6.07) is 21.0. The lowest BCUT2D eigenvalue weighted by Crippen LogP contribution is -2.03. The number of rotatable bonds is 22. The van der Waals surface area contributed by atoms with Crippen LogP contribution in [-0.2, 0) is 0 Å². The van der Waals surface area contributed by atoms with Crippen LogP contribution in [0.2, 0.25) is 0 Å². The molecule has 0 saturated carbocycles. The minimum absolute atomic E-state index is 0.144. The number of halogens is 2. The van der Waals surface area contributed by atoms with Crippen LogP contribution < -0.4 is 18.9 Å². The van der Waals surface area contributed by atoms with Crippen LogP contribution in [0.5, 0.6) is 23.0 Å². The maximum absolute atomic E-state index is 15.5. The van der Waals surface area contributed by atoms with Gasteiger partial charge in [0, 0.05) is 10.8 Å². The molecule has 0 aliphatic carbocycles. The van der Waals surface area contributed by atoms with E-state index in [1.54, 1.807) is 36.4 Å². The van der Waals surface area contributed by atoms with E-state index >= 15 is 8.78 Å². The summed E-state index contributed by atoms with van der Waals surface area (Å²) in [6.45, 7) is 10.6. The minimum atomic E-state index is -0.444. The molecule has 2 aromatic heterocycles. The number of hydrogen-bond donors (Lipinski definition) is 0. The SMILES string of the molecule is CCCCCOc1cc2c(cc1OCCCCC)c1c(cc(OCCCCC)c3oc(-c4ccccc4F)nc31)c1cc(OCCCCC)c3oc(-c4ccccc4F)nc3c21. The topological polar surface area (TPSA) is 89.0 Å². The van der Waals surface area contributed by atoms with Crippen molar-refractivity contribution < 1.29 is 36.6 Å². The molecule has 8 rings (SSSR count). The summed E-state index contributed by atoms with van der Waals surface area (Å²) >= 11 is 0. The van der Waals surface area contributed by atoms with Gasteiger partial charge in [0.05, 0.1) is 37.6 Å². The standard InChI is InChI=1S/C52H56F2N2O6/c1-5-9-17-25-57-41-29-35-36(30-42(41)58-26-18-10-6-2)46-38(32-44(60-28-20-12-8-4)50-48(46)56-52(62-50)34-22-14-16-24-40(34)54)37-31-43(59-27-19-11-7-3)49-47(45(35)37)55-51(61-49)33-21-13-15-23-39(33)53/h13-16,21-24,29-32H,5-12,17-20,25-28H2,1-4H3. The van der Waals surface area contributed by atoms with E-state index in [0.717, 1.165) is 109 Å². The van der Waals surface area contributed by atoms with Crippen molar-refractivity contribution in [2.24, 2.45) is 0 Å². The summed E-state index contributed by atoms with van der Waals surface area (Å²) in [5.41, 5.74) is 2.36. The van der Waals surface area contributed by atoms with Gasteiger partial charge in [0.15, 0.2) is 34.2 Å². The van der Waals surface area contributed by atoms with E-state index in [0.29, 0.717) is 71.6 Å². The Balaban J connectivity index is 1.50. The number of benzene rings is 6. The van der Waals surface area contributed by atoms with Crippen LogP contribution in [0.3, 0.4) is 0 Å². The Kier molecular flexibility index (Phi) is 13.7. The lowest BCUT2D eigenvalue weighted by atomic mass is 9.92. The molecule has 6 aromatic carbocycles. The maximum atomic E-state index is 15.5. The van der Waals surface area contributed by atoms with Crippen molar-refractivity contribution in [3.63, 3.8) is 0 Å². The van der Waals surface area contributed by atoms with Gasteiger partial charge < -0.3 is 27.8 Å². The van der Waals surface area contributed by atoms with E-state index in [9.17, 15) is 0 Å². The minimum Gasteiger partial charge on any atom is -0.490 e. The second kappa shape index (κ2) is 19.9. The van der Waals surface area contributed by atoms with Gasteiger partial charge in [-0.15, -0.1) is 0 Å². The number of aromatic nitrogens is 2. The molecule has 8 aromatic rings. The van der Waals surface area contributed by atoms with Gasteiger partial charge in [0.1, 0.15) is 22.7 Å². The average Bonchev–Trinajstić information content (AvgIpc) is 3.93. The zero-order valence-corrected chi connectivity index (χ0v) is 36.3. The summed E-state index contributed by atoms with van der Waals surface area (Å²) in [5.74, 6) is 1.59. The molecule has 0 N–H and O–H groups in total. The molecule has 0 unspecified atom stereocenters. The first-order valence-corrected chi connectivity index (χ1v) is 22.6. The van der Waals surface area contributed by atoms with Gasteiger partial charge in [-0.05, 0) is 95.8 Å². The molecule has 0 radical (unpaired) electrons. The van der Waals surface area contributed by atoms with Gasteiger partial charge in [-0.25, -0.2) is 18.7 Å². The number of fused-ring (bicyclic) bond motifs is 10. The third-order valence-corrected chi connectivity index (χ3v) is 11.4. The highest BCUT2D eigenvalue weighted by molar-refractivity contribution is 6.35. The zero-order chi connectivity index (χ0) is 43.0. The Morgan fingerprint density at radius 3 is 1.10 bits per heavy atom. The molecular weight excluding hydrogens is 787 g/mol. The second-order valence-corrected chi connectivity index (χ2v) is 16.0. The van der Waals surface area contributed by atoms with Gasteiger partial charge in [0.2, 0.25) is 11.8 Å². The molecule has 62 heavy (non-hydrogen) atoms. The lowest BCUT2D eigenvalue weighted by Gasteiger charge is -2.18. The molecule has 0 atom stereocenters. The third-order valence-electron chi connectivity index (χ3n) is 11.4. The molecule has 0 aliphatic rings. The fourth-order valence-electron chi connectivity index (χ4n) is 8.13. The van der Waals surface area contributed by atoms with Gasteiger partial charge in [-0.2, -0.15) is 0 Å². The number of ether oxygens (including phenoxy) is 4. The number of hydrogen-bond acceptors (Lipinski definition) is 8. The van der Waals surface area contributed by atoms with Crippen molar-refractivity contribution in [3.8, 4) is 45.9 Å². The summed E-state index contributed by atoms with van der Waals surface area (Å²) in [5, 5.41) is 4.71. The highest BCUT2D eigenvalue weighted by atomic mass is 19.1. The Morgan fingerprint density at radius 2 is 0.758 bits per heavy atom. The molecule has 0 spiro atoms. The van der Waals surface area contributed by atoms with Crippen molar-refractivity contribution in [1.82, 2.24) is 9.97 Å². The molecule has 10 heteroatoms. The number of nitrogens with zero attached hydrogens (tertiary/aromatic N) is 2. The highest BCUT2D eigenvalue weighted by Gasteiger charge is 2.27. The number of oxazole rings is 2. The summed E-state index contributed by atoms with van der Waals surface area (Å²) in [4.78, 5) is 10.2. The summed E-state index contributed by atoms with van der Waals surface area (Å²) in [7, 11) is 0. The molecular formula is C52H56F2N2O6. The maximum Gasteiger partial charge on any atom is 0.230 e. The average molecular weight is 843 g/mol. The van der Waals surface area contributed by atoms with Gasteiger partial charge in [-0.1, -0.05) is 103 Å².